The molecule has 2 N–H and O–H groups in total. The Hall–Kier alpha value is -1.88. The molecular weight excluding hydrogens is 320 g/mol. The van der Waals surface area contributed by atoms with Crippen molar-refractivity contribution in [3.8, 4) is 0 Å². The minimum Gasteiger partial charge on any atom is -0.321 e. The van der Waals surface area contributed by atoms with Gasteiger partial charge in [0.1, 0.15) is 5.69 Å². The van der Waals surface area contributed by atoms with Gasteiger partial charge in [0.25, 0.3) is 5.91 Å². The largest absolute Gasteiger partial charge is 0.321 e. The molecule has 0 aliphatic carbocycles. The highest BCUT2D eigenvalue weighted by molar-refractivity contribution is 9.09. The Morgan fingerprint density at radius 2 is 2.00 bits per heavy atom. The number of alkyl halides is 1. The quantitative estimate of drug-likeness (QED) is 0.826. The van der Waals surface area contributed by atoms with E-state index in [9.17, 15) is 9.59 Å². The van der Waals surface area contributed by atoms with Crippen LogP contribution in [0.25, 0.3) is 0 Å². The van der Waals surface area contributed by atoms with Crippen molar-refractivity contribution in [2.45, 2.75) is 12.8 Å². The highest BCUT2D eigenvalue weighted by Gasteiger charge is 2.06. The number of benzene rings is 1. The molecular formula is C15H15BrN2O2. The molecule has 0 radical (unpaired) electrons. The van der Waals surface area contributed by atoms with Gasteiger partial charge in [-0.1, -0.05) is 34.1 Å². The summed E-state index contributed by atoms with van der Waals surface area (Å²) in [6.07, 6.45) is 2.00. The van der Waals surface area contributed by atoms with Crippen molar-refractivity contribution in [3.05, 3.63) is 64.1 Å². The maximum atomic E-state index is 12.0. The van der Waals surface area contributed by atoms with Gasteiger partial charge in [-0.15, -0.1) is 0 Å². The third-order valence-electron chi connectivity index (χ3n) is 2.80. The van der Waals surface area contributed by atoms with E-state index in [4.69, 9.17) is 0 Å². The van der Waals surface area contributed by atoms with Crippen LogP contribution in [0.3, 0.4) is 0 Å². The summed E-state index contributed by atoms with van der Waals surface area (Å²) in [4.78, 5) is 25.7. The highest BCUT2D eigenvalue weighted by Crippen LogP contribution is 2.13. The van der Waals surface area contributed by atoms with Crippen molar-refractivity contribution in [2.24, 2.45) is 0 Å². The van der Waals surface area contributed by atoms with E-state index in [1.165, 1.54) is 11.6 Å². The average Bonchev–Trinajstić information content (AvgIpc) is 2.45. The van der Waals surface area contributed by atoms with Crippen LogP contribution in [0.15, 0.2) is 47.3 Å². The molecule has 0 spiro atoms. The van der Waals surface area contributed by atoms with Gasteiger partial charge < -0.3 is 10.3 Å². The molecule has 0 saturated carbocycles. The molecule has 1 aromatic heterocycles. The maximum Gasteiger partial charge on any atom is 0.272 e. The highest BCUT2D eigenvalue weighted by atomic mass is 79.9. The Bertz CT molecular complexity index is 652. The summed E-state index contributed by atoms with van der Waals surface area (Å²) in [7, 11) is 0. The number of nitrogens with one attached hydrogen (secondary N) is 2. The van der Waals surface area contributed by atoms with E-state index >= 15 is 0 Å². The fourth-order valence-corrected chi connectivity index (χ4v) is 2.13. The molecule has 1 amide bonds. The van der Waals surface area contributed by atoms with Crippen molar-refractivity contribution in [1.29, 1.82) is 0 Å². The Kier molecular flexibility index (Phi) is 5.12. The molecule has 1 heterocycles. The molecule has 0 fully saturated rings. The molecule has 0 saturated heterocycles. The molecule has 4 nitrogen and oxygen atoms in total. The SMILES string of the molecule is O=C(Nc1cccc(CCCBr)c1)c1cccc(=O)[nH]1. The molecule has 20 heavy (non-hydrogen) atoms. The predicted octanol–water partition coefficient (Wildman–Crippen LogP) is 2.95. The van der Waals surface area contributed by atoms with Crippen LogP contribution < -0.4 is 10.9 Å². The first kappa shape index (κ1) is 14.5. The minimum atomic E-state index is -0.319. The number of rotatable bonds is 5. The van der Waals surface area contributed by atoms with E-state index < -0.39 is 0 Å². The minimum absolute atomic E-state index is 0.253. The van der Waals surface area contributed by atoms with Crippen LogP contribution in [0.1, 0.15) is 22.5 Å². The van der Waals surface area contributed by atoms with E-state index in [0.29, 0.717) is 0 Å². The molecule has 2 aromatic rings. The van der Waals surface area contributed by atoms with Gasteiger partial charge in [-0.3, -0.25) is 9.59 Å². The number of aromatic nitrogens is 1. The first-order valence-electron chi connectivity index (χ1n) is 6.34. The van der Waals surface area contributed by atoms with Gasteiger partial charge >= 0.3 is 0 Å². The van der Waals surface area contributed by atoms with Gasteiger partial charge in [-0.2, -0.15) is 0 Å². The van der Waals surface area contributed by atoms with E-state index in [1.807, 2.05) is 24.3 Å². The number of aryl methyl sites for hydroxylation is 1. The van der Waals surface area contributed by atoms with Gasteiger partial charge in [0, 0.05) is 17.1 Å². The first-order chi connectivity index (χ1) is 9.69. The standard InChI is InChI=1S/C15H15BrN2O2/c16-9-3-5-11-4-1-6-12(10-11)17-15(20)13-7-2-8-14(19)18-13/h1-2,4,6-8,10H,3,5,9H2,(H,17,20)(H,18,19). The van der Waals surface area contributed by atoms with E-state index in [0.717, 1.165) is 23.9 Å². The molecule has 5 heteroatoms. The number of carbonyl (C=O) groups is 1. The molecule has 0 bridgehead atoms. The molecule has 0 atom stereocenters. The van der Waals surface area contributed by atoms with E-state index in [1.54, 1.807) is 12.1 Å². The number of halogens is 1. The number of hydrogen-bond acceptors (Lipinski definition) is 2. The monoisotopic (exact) mass is 334 g/mol. The Morgan fingerprint density at radius 1 is 1.20 bits per heavy atom. The maximum absolute atomic E-state index is 12.0. The lowest BCUT2D eigenvalue weighted by Gasteiger charge is -2.07. The average molecular weight is 335 g/mol. The van der Waals surface area contributed by atoms with Gasteiger partial charge in [0.05, 0.1) is 0 Å². The number of amides is 1. The summed E-state index contributed by atoms with van der Waals surface area (Å²) < 4.78 is 0. The van der Waals surface area contributed by atoms with Crippen LogP contribution in [0.5, 0.6) is 0 Å². The Balaban J connectivity index is 2.09. The number of anilines is 1. The van der Waals surface area contributed by atoms with Crippen molar-refractivity contribution in [1.82, 2.24) is 4.98 Å². The number of hydrogen-bond donors (Lipinski definition) is 2. The topological polar surface area (TPSA) is 62.0 Å². The molecule has 0 aliphatic rings. The predicted molar refractivity (Wildman–Crippen MR) is 83.6 cm³/mol. The smallest absolute Gasteiger partial charge is 0.272 e. The lowest BCUT2D eigenvalue weighted by molar-refractivity contribution is 0.102. The normalized spacial score (nSPS) is 10.2. The van der Waals surface area contributed by atoms with Gasteiger partial charge in [-0.25, -0.2) is 0 Å². The second-order valence-electron chi connectivity index (χ2n) is 4.38. The van der Waals surface area contributed by atoms with Crippen molar-refractivity contribution < 1.29 is 4.79 Å². The van der Waals surface area contributed by atoms with E-state index in [2.05, 4.69) is 26.2 Å². The van der Waals surface area contributed by atoms with Gasteiger partial charge in [0.15, 0.2) is 0 Å². The summed E-state index contributed by atoms with van der Waals surface area (Å²) in [6, 6.07) is 12.2. The number of aromatic amines is 1. The summed E-state index contributed by atoms with van der Waals surface area (Å²) in [5.74, 6) is -0.319. The second-order valence-corrected chi connectivity index (χ2v) is 5.17. The van der Waals surface area contributed by atoms with Crippen LogP contribution in [0.4, 0.5) is 5.69 Å². The van der Waals surface area contributed by atoms with E-state index in [-0.39, 0.29) is 17.2 Å². The van der Waals surface area contributed by atoms with Crippen LogP contribution in [0, 0.1) is 0 Å². The van der Waals surface area contributed by atoms with Crippen LogP contribution in [-0.4, -0.2) is 16.2 Å². The van der Waals surface area contributed by atoms with Crippen LogP contribution in [-0.2, 0) is 6.42 Å². The lowest BCUT2D eigenvalue weighted by atomic mass is 10.1. The molecule has 104 valence electrons. The lowest BCUT2D eigenvalue weighted by Crippen LogP contribution is -2.17. The van der Waals surface area contributed by atoms with Gasteiger partial charge in [0.2, 0.25) is 5.56 Å². The third-order valence-corrected chi connectivity index (χ3v) is 3.36. The van der Waals surface area contributed by atoms with Crippen LogP contribution in [0.2, 0.25) is 0 Å². The molecule has 1 aromatic carbocycles. The zero-order valence-electron chi connectivity index (χ0n) is 10.9. The molecule has 2 rings (SSSR count). The number of H-pyrrole nitrogens is 1. The zero-order valence-corrected chi connectivity index (χ0v) is 12.4. The van der Waals surface area contributed by atoms with Crippen molar-refractivity contribution in [2.75, 3.05) is 10.6 Å². The Morgan fingerprint density at radius 3 is 2.75 bits per heavy atom. The molecule has 0 aliphatic heterocycles. The fourth-order valence-electron chi connectivity index (χ4n) is 1.85. The summed E-state index contributed by atoms with van der Waals surface area (Å²) in [6.45, 7) is 0. The summed E-state index contributed by atoms with van der Waals surface area (Å²) in [5.41, 5.74) is 1.86. The van der Waals surface area contributed by atoms with Crippen molar-refractivity contribution >= 4 is 27.5 Å². The number of pyridine rings is 1. The van der Waals surface area contributed by atoms with Crippen LogP contribution >= 0.6 is 15.9 Å². The fraction of sp³-hybridized carbons (Fsp3) is 0.200. The van der Waals surface area contributed by atoms with Gasteiger partial charge in [-0.05, 0) is 36.6 Å². The third kappa shape index (κ3) is 4.06. The summed E-state index contributed by atoms with van der Waals surface area (Å²) in [5, 5.41) is 3.73. The zero-order chi connectivity index (χ0) is 14.4. The first-order valence-corrected chi connectivity index (χ1v) is 7.47. The second kappa shape index (κ2) is 7.05. The van der Waals surface area contributed by atoms with Crippen molar-refractivity contribution in [3.63, 3.8) is 0 Å². The Labute approximate surface area is 125 Å². The summed E-state index contributed by atoms with van der Waals surface area (Å²) >= 11 is 3.40. The molecule has 0 unspecified atom stereocenters. The number of carbonyl (C=O) groups excluding carboxylic acids is 1.